The molecule has 9 heteroatoms. The van der Waals surface area contributed by atoms with Gasteiger partial charge in [0.1, 0.15) is 5.69 Å². The van der Waals surface area contributed by atoms with Crippen LogP contribution in [0.3, 0.4) is 0 Å². The third kappa shape index (κ3) is 4.41. The smallest absolute Gasteiger partial charge is 0.293 e. The van der Waals surface area contributed by atoms with Gasteiger partial charge in [0.2, 0.25) is 10.0 Å². The highest BCUT2D eigenvalue weighted by Gasteiger charge is 2.36. The van der Waals surface area contributed by atoms with E-state index in [0.717, 1.165) is 50.9 Å². The summed E-state index contributed by atoms with van der Waals surface area (Å²) in [6.45, 7) is 5.78. The lowest BCUT2D eigenvalue weighted by Crippen LogP contribution is -2.40. The first-order valence-corrected chi connectivity index (χ1v) is 11.0. The Balaban J connectivity index is 1.71. The Hall–Kier alpha value is -1.71. The number of anilines is 1. The zero-order chi connectivity index (χ0) is 19.6. The van der Waals surface area contributed by atoms with E-state index in [1.165, 1.54) is 29.3 Å². The number of sulfonamides is 1. The maximum Gasteiger partial charge on any atom is 0.293 e. The van der Waals surface area contributed by atoms with Gasteiger partial charge in [0.25, 0.3) is 5.69 Å². The van der Waals surface area contributed by atoms with Crippen molar-refractivity contribution in [3.05, 3.63) is 28.3 Å². The van der Waals surface area contributed by atoms with E-state index >= 15 is 0 Å². The van der Waals surface area contributed by atoms with Gasteiger partial charge in [-0.2, -0.15) is 4.31 Å². The average Bonchev–Trinajstić information content (AvgIpc) is 3.10. The molecular weight excluding hydrogens is 368 g/mol. The number of likely N-dealkylation sites (tertiary alicyclic amines) is 1. The lowest BCUT2D eigenvalue weighted by atomic mass is 9.99. The van der Waals surface area contributed by atoms with E-state index in [1.807, 2.05) is 0 Å². The Kier molecular flexibility index (Phi) is 6.02. The van der Waals surface area contributed by atoms with Crippen molar-refractivity contribution in [2.45, 2.75) is 50.0 Å². The van der Waals surface area contributed by atoms with E-state index in [2.05, 4.69) is 11.8 Å². The molecule has 0 spiro atoms. The molecule has 0 unspecified atom stereocenters. The Morgan fingerprint density at radius 2 is 1.93 bits per heavy atom. The molecule has 150 valence electrons. The lowest BCUT2D eigenvalue weighted by molar-refractivity contribution is -0.384. The fourth-order valence-electron chi connectivity index (χ4n) is 4.01. The maximum atomic E-state index is 13.1. The molecule has 8 nitrogen and oxygen atoms in total. The van der Waals surface area contributed by atoms with Gasteiger partial charge in [-0.05, 0) is 69.8 Å². The van der Waals surface area contributed by atoms with E-state index in [9.17, 15) is 18.5 Å². The summed E-state index contributed by atoms with van der Waals surface area (Å²) in [6.07, 6.45) is 4.84. The normalized spacial score (nSPS) is 22.9. The SMILES string of the molecule is CC1CCN(CC[C@H]2CCCN2S(=O)(=O)c2ccc(N)c([N+](=O)[O-])c2)CC1. The minimum Gasteiger partial charge on any atom is -0.393 e. The second kappa shape index (κ2) is 8.12. The second-order valence-corrected chi connectivity index (χ2v) is 9.59. The van der Waals surface area contributed by atoms with Crippen molar-refractivity contribution >= 4 is 21.4 Å². The molecule has 0 amide bonds. The number of piperidine rings is 1. The molecular formula is C18H28N4O4S. The fourth-order valence-corrected chi connectivity index (χ4v) is 5.75. The number of hydrogen-bond acceptors (Lipinski definition) is 6. The molecule has 0 aromatic heterocycles. The highest BCUT2D eigenvalue weighted by molar-refractivity contribution is 7.89. The van der Waals surface area contributed by atoms with Crippen LogP contribution in [-0.2, 0) is 10.0 Å². The van der Waals surface area contributed by atoms with Crippen LogP contribution >= 0.6 is 0 Å². The number of nitrogens with zero attached hydrogens (tertiary/aromatic N) is 3. The lowest BCUT2D eigenvalue weighted by Gasteiger charge is -2.32. The summed E-state index contributed by atoms with van der Waals surface area (Å²) < 4.78 is 27.7. The highest BCUT2D eigenvalue weighted by atomic mass is 32.2. The summed E-state index contributed by atoms with van der Waals surface area (Å²) in [5.41, 5.74) is 5.20. The molecule has 3 rings (SSSR count). The minimum atomic E-state index is -3.77. The summed E-state index contributed by atoms with van der Waals surface area (Å²) in [7, 11) is -3.77. The van der Waals surface area contributed by atoms with Crippen molar-refractivity contribution in [3.8, 4) is 0 Å². The Morgan fingerprint density at radius 1 is 1.22 bits per heavy atom. The topological polar surface area (TPSA) is 110 Å². The van der Waals surface area contributed by atoms with E-state index in [0.29, 0.717) is 6.54 Å². The summed E-state index contributed by atoms with van der Waals surface area (Å²) >= 11 is 0. The van der Waals surface area contributed by atoms with Crippen molar-refractivity contribution in [1.82, 2.24) is 9.21 Å². The number of nitrogen functional groups attached to an aromatic ring is 1. The van der Waals surface area contributed by atoms with Crippen LogP contribution in [0.2, 0.25) is 0 Å². The largest absolute Gasteiger partial charge is 0.393 e. The zero-order valence-corrected chi connectivity index (χ0v) is 16.5. The highest BCUT2D eigenvalue weighted by Crippen LogP contribution is 2.31. The summed E-state index contributed by atoms with van der Waals surface area (Å²) in [5, 5.41) is 11.1. The van der Waals surface area contributed by atoms with Crippen molar-refractivity contribution < 1.29 is 13.3 Å². The molecule has 2 aliphatic heterocycles. The first-order chi connectivity index (χ1) is 12.8. The molecule has 2 N–H and O–H groups in total. The fraction of sp³-hybridized carbons (Fsp3) is 0.667. The van der Waals surface area contributed by atoms with Crippen LogP contribution in [0.1, 0.15) is 39.0 Å². The molecule has 27 heavy (non-hydrogen) atoms. The molecule has 1 atom stereocenters. The molecule has 0 aliphatic carbocycles. The minimum absolute atomic E-state index is 0.0313. The van der Waals surface area contributed by atoms with Gasteiger partial charge < -0.3 is 10.6 Å². The van der Waals surface area contributed by atoms with Gasteiger partial charge in [0.15, 0.2) is 0 Å². The summed E-state index contributed by atoms with van der Waals surface area (Å²) in [6, 6.07) is 3.68. The van der Waals surface area contributed by atoms with Gasteiger partial charge in [-0.1, -0.05) is 6.92 Å². The standard InChI is InChI=1S/C18H28N4O4S/c1-14-6-10-20(11-7-14)12-8-15-3-2-9-21(15)27(25,26)16-4-5-17(19)18(13-16)22(23)24/h4-5,13-15H,2-3,6-12,19H2,1H3/t15-/m1/s1. The summed E-state index contributed by atoms with van der Waals surface area (Å²) in [4.78, 5) is 12.8. The van der Waals surface area contributed by atoms with Gasteiger partial charge >= 0.3 is 0 Å². The first kappa shape index (κ1) is 20.0. The molecule has 1 aromatic rings. The van der Waals surface area contributed by atoms with Gasteiger partial charge in [-0.3, -0.25) is 10.1 Å². The number of hydrogen-bond donors (Lipinski definition) is 1. The van der Waals surface area contributed by atoms with Crippen molar-refractivity contribution in [1.29, 1.82) is 0 Å². The summed E-state index contributed by atoms with van der Waals surface area (Å²) in [5.74, 6) is 0.769. The predicted molar refractivity (Wildman–Crippen MR) is 104 cm³/mol. The number of nitro groups is 1. The monoisotopic (exact) mass is 396 g/mol. The van der Waals surface area contributed by atoms with Crippen molar-refractivity contribution in [3.63, 3.8) is 0 Å². The van der Waals surface area contributed by atoms with Crippen LogP contribution in [0.5, 0.6) is 0 Å². The number of benzene rings is 1. The van der Waals surface area contributed by atoms with Gasteiger partial charge in [-0.15, -0.1) is 0 Å². The molecule has 0 saturated carbocycles. The second-order valence-electron chi connectivity index (χ2n) is 7.70. The van der Waals surface area contributed by atoms with Crippen LogP contribution < -0.4 is 5.73 Å². The predicted octanol–water partition coefficient (Wildman–Crippen LogP) is 2.45. The molecule has 0 radical (unpaired) electrons. The Bertz CT molecular complexity index is 791. The van der Waals surface area contributed by atoms with Crippen LogP contribution in [0.15, 0.2) is 23.1 Å². The molecule has 1 aromatic carbocycles. The maximum absolute atomic E-state index is 13.1. The first-order valence-electron chi connectivity index (χ1n) is 9.57. The van der Waals surface area contributed by atoms with Gasteiger partial charge in [-0.25, -0.2) is 8.42 Å². The quantitative estimate of drug-likeness (QED) is 0.449. The number of nitrogens with two attached hydrogens (primary N) is 1. The molecule has 2 fully saturated rings. The van der Waals surface area contributed by atoms with Crippen LogP contribution in [0, 0.1) is 16.0 Å². The zero-order valence-electron chi connectivity index (χ0n) is 15.7. The van der Waals surface area contributed by atoms with Gasteiger partial charge in [0, 0.05) is 18.7 Å². The average molecular weight is 397 g/mol. The van der Waals surface area contributed by atoms with Crippen molar-refractivity contribution in [2.75, 3.05) is 31.9 Å². The Labute approximate surface area is 160 Å². The van der Waals surface area contributed by atoms with Crippen LogP contribution in [0.25, 0.3) is 0 Å². The third-order valence-electron chi connectivity index (χ3n) is 5.78. The molecule has 0 bridgehead atoms. The van der Waals surface area contributed by atoms with Gasteiger partial charge in [0.05, 0.1) is 9.82 Å². The Morgan fingerprint density at radius 3 is 2.59 bits per heavy atom. The van der Waals surface area contributed by atoms with E-state index in [1.54, 1.807) is 0 Å². The molecule has 2 saturated heterocycles. The van der Waals surface area contributed by atoms with Crippen LogP contribution in [0.4, 0.5) is 11.4 Å². The van der Waals surface area contributed by atoms with Crippen molar-refractivity contribution in [2.24, 2.45) is 5.92 Å². The number of nitro benzene ring substituents is 1. The van der Waals surface area contributed by atoms with Crippen LogP contribution in [-0.4, -0.2) is 54.8 Å². The van der Waals surface area contributed by atoms with E-state index in [-0.39, 0.29) is 22.3 Å². The molecule has 2 heterocycles. The van der Waals surface area contributed by atoms with E-state index < -0.39 is 14.9 Å². The van der Waals surface area contributed by atoms with E-state index in [4.69, 9.17) is 5.73 Å². The molecule has 2 aliphatic rings. The number of rotatable bonds is 6. The third-order valence-corrected chi connectivity index (χ3v) is 7.73.